The van der Waals surface area contributed by atoms with Gasteiger partial charge >= 0.3 is 6.03 Å². The van der Waals surface area contributed by atoms with E-state index < -0.39 is 6.03 Å². The summed E-state index contributed by atoms with van der Waals surface area (Å²) in [6, 6.07) is 15.9. The van der Waals surface area contributed by atoms with Crippen molar-refractivity contribution in [2.24, 2.45) is 5.10 Å². The van der Waals surface area contributed by atoms with Crippen LogP contribution in [-0.4, -0.2) is 21.9 Å². The number of anilines is 1. The van der Waals surface area contributed by atoms with Crippen LogP contribution < -0.4 is 10.7 Å². The van der Waals surface area contributed by atoms with E-state index in [2.05, 4.69) is 15.8 Å². The van der Waals surface area contributed by atoms with Gasteiger partial charge in [-0.25, -0.2) is 10.2 Å². The number of aryl methyl sites for hydroxylation is 2. The van der Waals surface area contributed by atoms with Crippen molar-refractivity contribution in [2.45, 2.75) is 13.8 Å². The van der Waals surface area contributed by atoms with Crippen LogP contribution in [0.1, 0.15) is 16.8 Å². The van der Waals surface area contributed by atoms with E-state index in [4.69, 9.17) is 0 Å². The smallest absolute Gasteiger partial charge is 0.339 e. The number of nitrogens with zero attached hydrogens (tertiary/aromatic N) is 2. The molecular weight excluding hydrogens is 328 g/mol. The van der Waals surface area contributed by atoms with Gasteiger partial charge < -0.3 is 15.0 Å². The van der Waals surface area contributed by atoms with Gasteiger partial charge in [-0.05, 0) is 73.5 Å². The van der Waals surface area contributed by atoms with Crippen molar-refractivity contribution in [3.8, 4) is 11.4 Å². The summed E-state index contributed by atoms with van der Waals surface area (Å²) in [5.74, 6) is 0.209. The summed E-state index contributed by atoms with van der Waals surface area (Å²) >= 11 is 0. The quantitative estimate of drug-likeness (QED) is 0.493. The molecule has 0 bridgehead atoms. The molecule has 0 aliphatic rings. The summed E-state index contributed by atoms with van der Waals surface area (Å²) in [6.45, 7) is 4.01. The van der Waals surface area contributed by atoms with Gasteiger partial charge in [-0.3, -0.25) is 0 Å². The van der Waals surface area contributed by atoms with Gasteiger partial charge in [-0.1, -0.05) is 6.07 Å². The van der Waals surface area contributed by atoms with Crippen molar-refractivity contribution in [1.29, 1.82) is 0 Å². The lowest BCUT2D eigenvalue weighted by Crippen LogP contribution is -2.24. The molecule has 1 heterocycles. The van der Waals surface area contributed by atoms with Crippen LogP contribution in [0.3, 0.4) is 0 Å². The number of aromatic nitrogens is 1. The lowest BCUT2D eigenvalue weighted by molar-refractivity contribution is 0.252. The molecule has 26 heavy (non-hydrogen) atoms. The number of aromatic hydroxyl groups is 1. The SMILES string of the molecule is Cc1ccc(NC(=O)N/N=C/c2cccn2-c2ccc(O)cc2)cc1C. The molecular formula is C20H20N4O2. The van der Waals surface area contributed by atoms with E-state index in [0.717, 1.165) is 16.9 Å². The predicted octanol–water partition coefficient (Wildman–Crippen LogP) is 3.96. The van der Waals surface area contributed by atoms with Crippen LogP contribution in [0.4, 0.5) is 10.5 Å². The average molecular weight is 348 g/mol. The number of amides is 2. The number of phenolic OH excluding ortho intramolecular Hbond substituents is 1. The third-order valence-electron chi connectivity index (χ3n) is 4.04. The second-order valence-corrected chi connectivity index (χ2v) is 5.94. The molecule has 2 aromatic carbocycles. The highest BCUT2D eigenvalue weighted by Crippen LogP contribution is 2.16. The van der Waals surface area contributed by atoms with E-state index in [0.29, 0.717) is 5.69 Å². The molecule has 0 unspecified atom stereocenters. The maximum Gasteiger partial charge on any atom is 0.339 e. The number of carbonyl (C=O) groups is 1. The number of phenols is 1. The van der Waals surface area contributed by atoms with Gasteiger partial charge in [0.2, 0.25) is 0 Å². The normalized spacial score (nSPS) is 10.8. The van der Waals surface area contributed by atoms with E-state index in [1.54, 1.807) is 30.5 Å². The molecule has 1 aromatic heterocycles. The van der Waals surface area contributed by atoms with Gasteiger partial charge in [0.1, 0.15) is 5.75 Å². The van der Waals surface area contributed by atoms with Crippen LogP contribution >= 0.6 is 0 Å². The lowest BCUT2D eigenvalue weighted by atomic mass is 10.1. The molecule has 3 aromatic rings. The number of hydrogen-bond donors (Lipinski definition) is 3. The molecule has 132 valence electrons. The Morgan fingerprint density at radius 2 is 1.85 bits per heavy atom. The highest BCUT2D eigenvalue weighted by Gasteiger charge is 2.03. The van der Waals surface area contributed by atoms with Crippen molar-refractivity contribution in [3.63, 3.8) is 0 Å². The molecule has 0 atom stereocenters. The van der Waals surface area contributed by atoms with Crippen LogP contribution in [0, 0.1) is 13.8 Å². The average Bonchev–Trinajstić information content (AvgIpc) is 3.07. The largest absolute Gasteiger partial charge is 0.508 e. The molecule has 0 aliphatic heterocycles. The number of urea groups is 1. The Balaban J connectivity index is 1.64. The van der Waals surface area contributed by atoms with Crippen molar-refractivity contribution in [2.75, 3.05) is 5.32 Å². The van der Waals surface area contributed by atoms with Gasteiger partial charge in [-0.2, -0.15) is 5.10 Å². The van der Waals surface area contributed by atoms with E-state index in [1.165, 1.54) is 5.56 Å². The fourth-order valence-electron chi connectivity index (χ4n) is 2.48. The Kier molecular flexibility index (Phi) is 5.03. The molecule has 2 amide bonds. The highest BCUT2D eigenvalue weighted by molar-refractivity contribution is 5.90. The Bertz CT molecular complexity index is 943. The van der Waals surface area contributed by atoms with Gasteiger partial charge in [0.15, 0.2) is 0 Å². The predicted molar refractivity (Wildman–Crippen MR) is 103 cm³/mol. The minimum Gasteiger partial charge on any atom is -0.508 e. The number of hydrazone groups is 1. The highest BCUT2D eigenvalue weighted by atomic mass is 16.3. The Morgan fingerprint density at radius 1 is 1.08 bits per heavy atom. The fraction of sp³-hybridized carbons (Fsp3) is 0.100. The molecule has 0 aliphatic carbocycles. The third-order valence-corrected chi connectivity index (χ3v) is 4.04. The summed E-state index contributed by atoms with van der Waals surface area (Å²) in [6.07, 6.45) is 3.44. The zero-order chi connectivity index (χ0) is 18.5. The molecule has 0 saturated heterocycles. The molecule has 0 spiro atoms. The van der Waals surface area contributed by atoms with E-state index in [1.807, 2.05) is 54.9 Å². The lowest BCUT2D eigenvalue weighted by Gasteiger charge is -2.07. The van der Waals surface area contributed by atoms with Crippen molar-refractivity contribution >= 4 is 17.9 Å². The van der Waals surface area contributed by atoms with Gasteiger partial charge in [-0.15, -0.1) is 0 Å². The topological polar surface area (TPSA) is 78.7 Å². The summed E-state index contributed by atoms with van der Waals surface area (Å²) in [7, 11) is 0. The van der Waals surface area contributed by atoms with E-state index in [9.17, 15) is 9.90 Å². The second-order valence-electron chi connectivity index (χ2n) is 5.94. The summed E-state index contributed by atoms with van der Waals surface area (Å²) in [5, 5.41) is 16.1. The van der Waals surface area contributed by atoms with E-state index >= 15 is 0 Å². The van der Waals surface area contributed by atoms with Crippen molar-refractivity contribution in [1.82, 2.24) is 9.99 Å². The molecule has 6 nitrogen and oxygen atoms in total. The van der Waals surface area contributed by atoms with Crippen molar-refractivity contribution in [3.05, 3.63) is 77.6 Å². The monoisotopic (exact) mass is 348 g/mol. The molecule has 3 rings (SSSR count). The Labute approximate surface area is 151 Å². The van der Waals surface area contributed by atoms with Crippen LogP contribution in [0.2, 0.25) is 0 Å². The number of rotatable bonds is 4. The maximum absolute atomic E-state index is 12.0. The number of hydrogen-bond acceptors (Lipinski definition) is 3. The summed E-state index contributed by atoms with van der Waals surface area (Å²) < 4.78 is 1.89. The zero-order valence-corrected chi connectivity index (χ0v) is 14.6. The van der Waals surface area contributed by atoms with E-state index in [-0.39, 0.29) is 5.75 Å². The van der Waals surface area contributed by atoms with Gasteiger partial charge in [0, 0.05) is 17.6 Å². The third kappa shape index (κ3) is 4.10. The molecule has 0 saturated carbocycles. The Morgan fingerprint density at radius 3 is 2.58 bits per heavy atom. The van der Waals surface area contributed by atoms with Crippen LogP contribution in [0.5, 0.6) is 5.75 Å². The molecule has 6 heteroatoms. The number of carbonyl (C=O) groups excluding carboxylic acids is 1. The molecule has 0 fully saturated rings. The first-order chi connectivity index (χ1) is 12.5. The zero-order valence-electron chi connectivity index (χ0n) is 14.6. The summed E-state index contributed by atoms with van der Waals surface area (Å²) in [4.78, 5) is 12.0. The first-order valence-corrected chi connectivity index (χ1v) is 8.17. The van der Waals surface area contributed by atoms with Crippen molar-refractivity contribution < 1.29 is 9.90 Å². The molecule has 0 radical (unpaired) electrons. The number of benzene rings is 2. The molecule has 3 N–H and O–H groups in total. The standard InChI is InChI=1S/C20H20N4O2/c1-14-5-6-16(12-15(14)2)22-20(26)23-21-13-18-4-3-11-24(18)17-7-9-19(25)10-8-17/h3-13,25H,1-2H3,(H2,22,23,26)/b21-13+. The first kappa shape index (κ1) is 17.3. The minimum absolute atomic E-state index is 0.209. The maximum atomic E-state index is 12.0. The number of nitrogens with one attached hydrogen (secondary N) is 2. The minimum atomic E-state index is -0.410. The first-order valence-electron chi connectivity index (χ1n) is 8.17. The second kappa shape index (κ2) is 7.57. The van der Waals surface area contributed by atoms with Gasteiger partial charge in [0.05, 0.1) is 11.9 Å². The van der Waals surface area contributed by atoms with Crippen LogP contribution in [-0.2, 0) is 0 Å². The van der Waals surface area contributed by atoms with Crippen LogP contribution in [0.25, 0.3) is 5.69 Å². The van der Waals surface area contributed by atoms with Gasteiger partial charge in [0.25, 0.3) is 0 Å². The fourth-order valence-corrected chi connectivity index (χ4v) is 2.48. The van der Waals surface area contributed by atoms with Crippen LogP contribution in [0.15, 0.2) is 65.9 Å². The summed E-state index contributed by atoms with van der Waals surface area (Å²) in [5.41, 5.74) is 7.13. The Hall–Kier alpha value is -3.54.